The summed E-state index contributed by atoms with van der Waals surface area (Å²) in [5.41, 5.74) is 2.59. The van der Waals surface area contributed by atoms with E-state index in [0.29, 0.717) is 0 Å². The summed E-state index contributed by atoms with van der Waals surface area (Å²) in [5.74, 6) is 0. The summed E-state index contributed by atoms with van der Waals surface area (Å²) < 4.78 is 2.23. The minimum atomic E-state index is 0.744. The minimum absolute atomic E-state index is 0.744. The summed E-state index contributed by atoms with van der Waals surface area (Å²) in [4.78, 5) is 8.28. The fourth-order valence-electron chi connectivity index (χ4n) is 2.03. The van der Waals surface area contributed by atoms with E-state index < -0.39 is 0 Å². The predicted molar refractivity (Wildman–Crippen MR) is 70.0 cm³/mol. The number of rotatable bonds is 6. The highest BCUT2D eigenvalue weighted by Gasteiger charge is 2.20. The maximum atomic E-state index is 4.24. The molecule has 3 rings (SSSR count). The molecule has 1 fully saturated rings. The molecule has 0 radical (unpaired) electrons. The molecule has 0 aromatic carbocycles. The highest BCUT2D eigenvalue weighted by atomic mass is 15.1. The van der Waals surface area contributed by atoms with Gasteiger partial charge in [0, 0.05) is 37.7 Å². The van der Waals surface area contributed by atoms with Crippen LogP contribution in [0.2, 0.25) is 0 Å². The van der Waals surface area contributed by atoms with E-state index >= 15 is 0 Å². The number of imidazole rings is 1. The Bertz CT molecular complexity index is 488. The van der Waals surface area contributed by atoms with E-state index in [9.17, 15) is 0 Å². The molecule has 4 nitrogen and oxygen atoms in total. The van der Waals surface area contributed by atoms with Crippen LogP contribution in [0.15, 0.2) is 37.1 Å². The maximum absolute atomic E-state index is 4.24. The van der Waals surface area contributed by atoms with Gasteiger partial charge in [0.25, 0.3) is 0 Å². The van der Waals surface area contributed by atoms with Gasteiger partial charge in [0.2, 0.25) is 0 Å². The van der Waals surface area contributed by atoms with E-state index in [1.807, 2.05) is 24.9 Å². The number of hydrogen-bond acceptors (Lipinski definition) is 3. The van der Waals surface area contributed by atoms with Gasteiger partial charge in [-0.2, -0.15) is 0 Å². The Kier molecular flexibility index (Phi) is 3.37. The molecule has 0 atom stereocenters. The molecular weight excluding hydrogens is 224 g/mol. The molecule has 1 saturated carbocycles. The van der Waals surface area contributed by atoms with Crippen LogP contribution < -0.4 is 5.32 Å². The molecule has 2 aromatic heterocycles. The van der Waals surface area contributed by atoms with Crippen LogP contribution in [0.1, 0.15) is 24.1 Å². The van der Waals surface area contributed by atoms with Crippen molar-refractivity contribution in [2.75, 3.05) is 0 Å². The smallest absolute Gasteiger partial charge is 0.0948 e. The average Bonchev–Trinajstić information content (AvgIpc) is 3.14. The lowest BCUT2D eigenvalue weighted by molar-refractivity contribution is 0.606. The minimum Gasteiger partial charge on any atom is -0.333 e. The average molecular weight is 242 g/mol. The van der Waals surface area contributed by atoms with Crippen LogP contribution in [0.3, 0.4) is 0 Å². The van der Waals surface area contributed by atoms with E-state index in [1.165, 1.54) is 24.1 Å². The van der Waals surface area contributed by atoms with Gasteiger partial charge in [-0.05, 0) is 37.0 Å². The number of pyridine rings is 1. The molecule has 0 bridgehead atoms. The molecule has 2 heterocycles. The van der Waals surface area contributed by atoms with Crippen molar-refractivity contribution in [1.82, 2.24) is 19.9 Å². The SMILES string of the molecule is c1cc(CCn2cncc2CNC2CC2)ccn1. The van der Waals surface area contributed by atoms with Gasteiger partial charge < -0.3 is 9.88 Å². The third-order valence-electron chi connectivity index (χ3n) is 3.34. The van der Waals surface area contributed by atoms with Gasteiger partial charge in [-0.3, -0.25) is 4.98 Å². The zero-order valence-electron chi connectivity index (χ0n) is 10.4. The van der Waals surface area contributed by atoms with Gasteiger partial charge in [0.05, 0.1) is 12.0 Å². The molecule has 0 aliphatic heterocycles. The van der Waals surface area contributed by atoms with Crippen LogP contribution in [-0.4, -0.2) is 20.6 Å². The second kappa shape index (κ2) is 5.31. The molecule has 1 N–H and O–H groups in total. The fraction of sp³-hybridized carbons (Fsp3) is 0.429. The van der Waals surface area contributed by atoms with Crippen LogP contribution in [0.4, 0.5) is 0 Å². The highest BCUT2D eigenvalue weighted by molar-refractivity contribution is 5.10. The zero-order chi connectivity index (χ0) is 12.2. The van der Waals surface area contributed by atoms with Crippen molar-refractivity contribution in [2.45, 2.75) is 38.4 Å². The Hall–Kier alpha value is -1.68. The topological polar surface area (TPSA) is 42.7 Å². The van der Waals surface area contributed by atoms with Crippen molar-refractivity contribution in [3.05, 3.63) is 48.3 Å². The van der Waals surface area contributed by atoms with E-state index in [1.54, 1.807) is 0 Å². The van der Waals surface area contributed by atoms with Crippen molar-refractivity contribution in [1.29, 1.82) is 0 Å². The Balaban J connectivity index is 1.56. The quantitative estimate of drug-likeness (QED) is 0.839. The number of hydrogen-bond donors (Lipinski definition) is 1. The van der Waals surface area contributed by atoms with Crippen LogP contribution in [0.5, 0.6) is 0 Å². The van der Waals surface area contributed by atoms with Crippen LogP contribution in [-0.2, 0) is 19.5 Å². The molecule has 4 heteroatoms. The van der Waals surface area contributed by atoms with Gasteiger partial charge >= 0.3 is 0 Å². The normalized spacial score (nSPS) is 14.9. The van der Waals surface area contributed by atoms with Crippen molar-refractivity contribution in [3.63, 3.8) is 0 Å². The molecule has 0 spiro atoms. The van der Waals surface area contributed by atoms with E-state index in [0.717, 1.165) is 25.6 Å². The molecule has 0 amide bonds. The summed E-state index contributed by atoms with van der Waals surface area (Å²) in [7, 11) is 0. The van der Waals surface area contributed by atoms with Crippen LogP contribution in [0.25, 0.3) is 0 Å². The second-order valence-electron chi connectivity index (χ2n) is 4.84. The summed E-state index contributed by atoms with van der Waals surface area (Å²) in [6.45, 7) is 1.91. The standard InChI is InChI=1S/C14H18N4/c1-2-13(1)17-10-14-9-16-11-18(14)8-5-12-3-6-15-7-4-12/h3-4,6-7,9,11,13,17H,1-2,5,8,10H2. The van der Waals surface area contributed by atoms with Gasteiger partial charge in [0.15, 0.2) is 0 Å². The van der Waals surface area contributed by atoms with Gasteiger partial charge in [-0.1, -0.05) is 0 Å². The summed E-state index contributed by atoms with van der Waals surface area (Å²) >= 11 is 0. The fourth-order valence-corrected chi connectivity index (χ4v) is 2.03. The molecule has 1 aliphatic carbocycles. The molecule has 94 valence electrons. The number of nitrogens with zero attached hydrogens (tertiary/aromatic N) is 3. The first-order chi connectivity index (χ1) is 8.92. The number of nitrogens with one attached hydrogen (secondary N) is 1. The Morgan fingerprint density at radius 1 is 1.22 bits per heavy atom. The van der Waals surface area contributed by atoms with Crippen LogP contribution >= 0.6 is 0 Å². The first kappa shape index (κ1) is 11.4. The lowest BCUT2D eigenvalue weighted by Crippen LogP contribution is -2.18. The molecule has 0 unspecified atom stereocenters. The summed E-state index contributed by atoms with van der Waals surface area (Å²) in [6.07, 6.45) is 11.2. The predicted octanol–water partition coefficient (Wildman–Crippen LogP) is 1.77. The zero-order valence-corrected chi connectivity index (χ0v) is 10.4. The van der Waals surface area contributed by atoms with Crippen molar-refractivity contribution in [2.24, 2.45) is 0 Å². The molecular formula is C14H18N4. The lowest BCUT2D eigenvalue weighted by atomic mass is 10.2. The second-order valence-corrected chi connectivity index (χ2v) is 4.84. The molecule has 2 aromatic rings. The monoisotopic (exact) mass is 242 g/mol. The maximum Gasteiger partial charge on any atom is 0.0948 e. The van der Waals surface area contributed by atoms with Gasteiger partial charge in [0.1, 0.15) is 0 Å². The van der Waals surface area contributed by atoms with E-state index in [4.69, 9.17) is 0 Å². The molecule has 0 saturated heterocycles. The number of aryl methyl sites for hydroxylation is 2. The van der Waals surface area contributed by atoms with Crippen molar-refractivity contribution in [3.8, 4) is 0 Å². The van der Waals surface area contributed by atoms with Crippen molar-refractivity contribution >= 4 is 0 Å². The first-order valence-electron chi connectivity index (χ1n) is 6.53. The van der Waals surface area contributed by atoms with E-state index in [-0.39, 0.29) is 0 Å². The van der Waals surface area contributed by atoms with Crippen LogP contribution in [0, 0.1) is 0 Å². The first-order valence-corrected chi connectivity index (χ1v) is 6.53. The summed E-state index contributed by atoms with van der Waals surface area (Å²) in [5, 5.41) is 3.53. The lowest BCUT2D eigenvalue weighted by Gasteiger charge is -2.08. The molecule has 18 heavy (non-hydrogen) atoms. The Labute approximate surface area is 107 Å². The third kappa shape index (κ3) is 2.96. The Morgan fingerprint density at radius 3 is 2.83 bits per heavy atom. The van der Waals surface area contributed by atoms with Gasteiger partial charge in [-0.15, -0.1) is 0 Å². The third-order valence-corrected chi connectivity index (χ3v) is 3.34. The largest absolute Gasteiger partial charge is 0.333 e. The molecule has 1 aliphatic rings. The van der Waals surface area contributed by atoms with Gasteiger partial charge in [-0.25, -0.2) is 4.98 Å². The summed E-state index contributed by atoms with van der Waals surface area (Å²) in [6, 6.07) is 4.88. The Morgan fingerprint density at radius 2 is 2.06 bits per heavy atom. The highest BCUT2D eigenvalue weighted by Crippen LogP contribution is 2.19. The van der Waals surface area contributed by atoms with Crippen molar-refractivity contribution < 1.29 is 0 Å². The van der Waals surface area contributed by atoms with E-state index in [2.05, 4.69) is 32.0 Å². The number of aromatic nitrogens is 3.